The molecule has 8 heteroatoms. The Hall–Kier alpha value is -2.61. The highest BCUT2D eigenvalue weighted by Crippen LogP contribution is 2.20. The van der Waals surface area contributed by atoms with Crippen LogP contribution in [0.4, 0.5) is 17.2 Å². The molecule has 1 heterocycles. The van der Waals surface area contributed by atoms with Gasteiger partial charge in [0.1, 0.15) is 5.82 Å². The van der Waals surface area contributed by atoms with Crippen LogP contribution in [0.3, 0.4) is 0 Å². The fourth-order valence-electron chi connectivity index (χ4n) is 2.93. The molecule has 0 radical (unpaired) electrons. The summed E-state index contributed by atoms with van der Waals surface area (Å²) >= 11 is 5.60. The van der Waals surface area contributed by atoms with Crippen molar-refractivity contribution in [2.45, 2.75) is 47.1 Å². The first-order chi connectivity index (χ1) is 13.2. The van der Waals surface area contributed by atoms with Crippen LogP contribution in [0, 0.1) is 12.8 Å². The summed E-state index contributed by atoms with van der Waals surface area (Å²) in [6.45, 7) is 8.94. The van der Waals surface area contributed by atoms with E-state index in [9.17, 15) is 9.59 Å². The van der Waals surface area contributed by atoms with E-state index in [1.54, 1.807) is 4.90 Å². The van der Waals surface area contributed by atoms with E-state index in [1.165, 1.54) is 4.57 Å². The molecule has 0 amide bonds. The second-order valence-electron chi connectivity index (χ2n) is 7.30. The largest absolute Gasteiger partial charge is 0.383 e. The van der Waals surface area contributed by atoms with Crippen molar-refractivity contribution in [2.24, 2.45) is 5.92 Å². The minimum atomic E-state index is -0.535. The predicted molar refractivity (Wildman–Crippen MR) is 120 cm³/mol. The van der Waals surface area contributed by atoms with Crippen molar-refractivity contribution >= 4 is 34.5 Å². The number of benzene rings is 1. The van der Waals surface area contributed by atoms with Crippen molar-refractivity contribution in [3.63, 3.8) is 0 Å². The van der Waals surface area contributed by atoms with Gasteiger partial charge in [-0.15, -0.1) is 0 Å². The number of aromatic amines is 1. The molecule has 1 aromatic heterocycles. The van der Waals surface area contributed by atoms with Crippen molar-refractivity contribution in [2.75, 3.05) is 22.5 Å². The molecule has 4 N–H and O–H groups in total. The molecule has 0 aliphatic rings. The lowest BCUT2D eigenvalue weighted by Gasteiger charge is -2.27. The van der Waals surface area contributed by atoms with Gasteiger partial charge in [-0.1, -0.05) is 39.3 Å². The molecule has 28 heavy (non-hydrogen) atoms. The summed E-state index contributed by atoms with van der Waals surface area (Å²) in [6.07, 6.45) is 1.74. The predicted octanol–water partition coefficient (Wildman–Crippen LogP) is 3.09. The average molecular weight is 404 g/mol. The summed E-state index contributed by atoms with van der Waals surface area (Å²) in [5.41, 5.74) is 7.36. The molecular formula is C20H29N5O2S. The maximum Gasteiger partial charge on any atom is 0.330 e. The Morgan fingerprint density at radius 3 is 2.68 bits per heavy atom. The molecule has 0 fully saturated rings. The first kappa shape index (κ1) is 21.7. The molecule has 0 aliphatic heterocycles. The lowest BCUT2D eigenvalue weighted by molar-refractivity contribution is 0.507. The number of nitrogen functional groups attached to an aromatic ring is 1. The highest BCUT2D eigenvalue weighted by atomic mass is 32.1. The summed E-state index contributed by atoms with van der Waals surface area (Å²) in [7, 11) is 0. The van der Waals surface area contributed by atoms with Crippen LogP contribution < -0.4 is 27.2 Å². The second-order valence-corrected chi connectivity index (χ2v) is 7.69. The summed E-state index contributed by atoms with van der Waals surface area (Å²) in [5.74, 6) is 0.326. The summed E-state index contributed by atoms with van der Waals surface area (Å²) in [6, 6.07) is 7.80. The van der Waals surface area contributed by atoms with Gasteiger partial charge in [-0.2, -0.15) is 0 Å². The average Bonchev–Trinajstić information content (AvgIpc) is 2.61. The Labute approximate surface area is 170 Å². The van der Waals surface area contributed by atoms with E-state index in [2.05, 4.69) is 17.2 Å². The van der Waals surface area contributed by atoms with Crippen LogP contribution in [-0.4, -0.2) is 21.2 Å². The van der Waals surface area contributed by atoms with Crippen molar-refractivity contribution in [1.29, 1.82) is 0 Å². The SMILES string of the molecule is CCCCN(C(=S)Nc1cccc(C)c1)c1c(N)n(CC(C)C)c(=O)[nH]c1=O. The van der Waals surface area contributed by atoms with Gasteiger partial charge in [0.25, 0.3) is 5.56 Å². The zero-order valence-corrected chi connectivity index (χ0v) is 17.7. The summed E-state index contributed by atoms with van der Waals surface area (Å²) in [4.78, 5) is 28.9. The van der Waals surface area contributed by atoms with E-state index in [4.69, 9.17) is 18.0 Å². The number of nitrogens with one attached hydrogen (secondary N) is 2. The van der Waals surface area contributed by atoms with Gasteiger partial charge in [0.15, 0.2) is 10.8 Å². The van der Waals surface area contributed by atoms with Crippen LogP contribution in [0.25, 0.3) is 0 Å². The van der Waals surface area contributed by atoms with Crippen molar-refractivity contribution in [3.05, 3.63) is 50.7 Å². The fourth-order valence-corrected chi connectivity index (χ4v) is 3.23. The van der Waals surface area contributed by atoms with Crippen molar-refractivity contribution in [1.82, 2.24) is 9.55 Å². The molecule has 1 aromatic carbocycles. The molecule has 152 valence electrons. The maximum absolute atomic E-state index is 12.6. The molecule has 7 nitrogen and oxygen atoms in total. The van der Waals surface area contributed by atoms with Gasteiger partial charge in [0.05, 0.1) is 0 Å². The molecule has 0 spiro atoms. The number of hydrogen-bond donors (Lipinski definition) is 3. The van der Waals surface area contributed by atoms with Crippen LogP contribution in [0.1, 0.15) is 39.2 Å². The number of aryl methyl sites for hydroxylation is 1. The third-order valence-corrected chi connectivity index (χ3v) is 4.60. The number of rotatable bonds is 7. The van der Waals surface area contributed by atoms with Gasteiger partial charge < -0.3 is 16.0 Å². The standard InChI is InChI=1S/C20H29N5O2S/c1-5-6-10-24(20(28)22-15-9-7-8-14(4)11-15)16-17(21)25(12-13(2)3)19(27)23-18(16)26/h7-9,11,13H,5-6,10,12,21H2,1-4H3,(H,22,28)(H,23,26,27). The molecule has 0 saturated heterocycles. The Morgan fingerprint density at radius 1 is 1.36 bits per heavy atom. The van der Waals surface area contributed by atoms with E-state index >= 15 is 0 Å². The van der Waals surface area contributed by atoms with Crippen LogP contribution in [-0.2, 0) is 6.54 Å². The van der Waals surface area contributed by atoms with Crippen molar-refractivity contribution < 1.29 is 0 Å². The lowest BCUT2D eigenvalue weighted by Crippen LogP contribution is -2.43. The topological polar surface area (TPSA) is 96.2 Å². The van der Waals surface area contributed by atoms with Crippen LogP contribution in [0.5, 0.6) is 0 Å². The molecule has 2 aromatic rings. The number of anilines is 3. The van der Waals surface area contributed by atoms with Gasteiger partial charge in [-0.25, -0.2) is 4.79 Å². The van der Waals surface area contributed by atoms with Gasteiger partial charge in [0, 0.05) is 18.8 Å². The van der Waals surface area contributed by atoms with Gasteiger partial charge in [0.2, 0.25) is 0 Å². The number of hydrogen-bond acceptors (Lipinski definition) is 4. The molecule has 0 saturated carbocycles. The normalized spacial score (nSPS) is 10.9. The van der Waals surface area contributed by atoms with Crippen LogP contribution in [0.2, 0.25) is 0 Å². The molecule has 0 bridgehead atoms. The number of aromatic nitrogens is 2. The molecule has 0 unspecified atom stereocenters. The Bertz CT molecular complexity index is 948. The van der Waals surface area contributed by atoms with Crippen LogP contribution >= 0.6 is 12.2 Å². The zero-order valence-electron chi connectivity index (χ0n) is 16.9. The number of unbranched alkanes of at least 4 members (excludes halogenated alkanes) is 1. The Kier molecular flexibility index (Phi) is 7.39. The minimum absolute atomic E-state index is 0.131. The second kappa shape index (κ2) is 9.54. The first-order valence-electron chi connectivity index (χ1n) is 9.52. The quantitative estimate of drug-likeness (QED) is 0.615. The summed E-state index contributed by atoms with van der Waals surface area (Å²) in [5, 5.41) is 3.55. The monoisotopic (exact) mass is 403 g/mol. The molecule has 0 aliphatic carbocycles. The molecular weight excluding hydrogens is 374 g/mol. The first-order valence-corrected chi connectivity index (χ1v) is 9.93. The maximum atomic E-state index is 12.6. The van der Waals surface area contributed by atoms with E-state index in [1.807, 2.05) is 45.0 Å². The number of nitrogens with zero attached hydrogens (tertiary/aromatic N) is 2. The number of H-pyrrole nitrogens is 1. The third kappa shape index (κ3) is 5.22. The van der Waals surface area contributed by atoms with Gasteiger partial charge in [-0.05, 0) is 49.2 Å². The highest BCUT2D eigenvalue weighted by Gasteiger charge is 2.22. The van der Waals surface area contributed by atoms with Crippen LogP contribution in [0.15, 0.2) is 33.9 Å². The van der Waals surface area contributed by atoms with E-state index in [-0.39, 0.29) is 17.4 Å². The lowest BCUT2D eigenvalue weighted by atomic mass is 10.2. The number of nitrogens with two attached hydrogens (primary N) is 1. The minimum Gasteiger partial charge on any atom is -0.383 e. The van der Waals surface area contributed by atoms with E-state index in [0.29, 0.717) is 18.2 Å². The van der Waals surface area contributed by atoms with Gasteiger partial charge in [-0.3, -0.25) is 14.3 Å². The van der Waals surface area contributed by atoms with Crippen molar-refractivity contribution in [3.8, 4) is 0 Å². The Morgan fingerprint density at radius 2 is 2.07 bits per heavy atom. The molecule has 0 atom stereocenters. The highest BCUT2D eigenvalue weighted by molar-refractivity contribution is 7.80. The molecule has 2 rings (SSSR count). The smallest absolute Gasteiger partial charge is 0.330 e. The zero-order chi connectivity index (χ0) is 20.8. The third-order valence-electron chi connectivity index (χ3n) is 4.28. The number of thiocarbonyl (C=S) groups is 1. The van der Waals surface area contributed by atoms with E-state index in [0.717, 1.165) is 24.1 Å². The van der Waals surface area contributed by atoms with E-state index < -0.39 is 11.2 Å². The van der Waals surface area contributed by atoms with Gasteiger partial charge >= 0.3 is 5.69 Å². The fraction of sp³-hybridized carbons (Fsp3) is 0.450. The summed E-state index contributed by atoms with van der Waals surface area (Å²) < 4.78 is 1.40. The Balaban J connectivity index is 2.48.